The summed E-state index contributed by atoms with van der Waals surface area (Å²) in [4.78, 5) is 11.3. The minimum absolute atomic E-state index is 0.00276. The first-order valence-electron chi connectivity index (χ1n) is 6.49. The number of sulfonamides is 1. The molecule has 1 aliphatic rings. The predicted octanol–water partition coefficient (Wildman–Crippen LogP) is 0.555. The van der Waals surface area contributed by atoms with E-state index in [9.17, 15) is 17.6 Å². The second-order valence-electron chi connectivity index (χ2n) is 5.39. The van der Waals surface area contributed by atoms with Gasteiger partial charge in [-0.25, -0.2) is 12.8 Å². The summed E-state index contributed by atoms with van der Waals surface area (Å²) in [5.41, 5.74) is 4.65. The number of nitrogens with zero attached hydrogens (tertiary/aromatic N) is 1. The van der Waals surface area contributed by atoms with Gasteiger partial charge in [0.1, 0.15) is 10.7 Å². The number of carbonyl (C=O) groups excluding carboxylic acids is 1. The molecule has 0 aromatic heterocycles. The van der Waals surface area contributed by atoms with Gasteiger partial charge < -0.3 is 11.1 Å². The van der Waals surface area contributed by atoms with Crippen LogP contribution in [-0.4, -0.2) is 38.8 Å². The summed E-state index contributed by atoms with van der Waals surface area (Å²) in [5.74, 6) is -1.12. The second-order valence-corrected chi connectivity index (χ2v) is 7.26. The third-order valence-corrected chi connectivity index (χ3v) is 5.75. The van der Waals surface area contributed by atoms with E-state index in [0.29, 0.717) is 6.42 Å². The smallest absolute Gasteiger partial charge is 0.248 e. The average Bonchev–Trinajstić information content (AvgIpc) is 2.82. The van der Waals surface area contributed by atoms with Crippen molar-refractivity contribution in [1.82, 2.24) is 9.62 Å². The molecule has 1 unspecified atom stereocenters. The molecule has 1 aromatic rings. The molecule has 1 aliphatic heterocycles. The van der Waals surface area contributed by atoms with Crippen molar-refractivity contribution in [3.8, 4) is 0 Å². The molecule has 8 heteroatoms. The van der Waals surface area contributed by atoms with Crippen LogP contribution in [0.25, 0.3) is 0 Å². The summed E-state index contributed by atoms with van der Waals surface area (Å²) in [6, 6.07) is 3.74. The van der Waals surface area contributed by atoms with Gasteiger partial charge in [0.2, 0.25) is 15.9 Å². The van der Waals surface area contributed by atoms with Gasteiger partial charge in [-0.1, -0.05) is 6.07 Å². The third-order valence-electron chi connectivity index (χ3n) is 3.81. The van der Waals surface area contributed by atoms with Gasteiger partial charge in [0.15, 0.2) is 0 Å². The van der Waals surface area contributed by atoms with Crippen molar-refractivity contribution < 1.29 is 17.6 Å². The molecule has 3 N–H and O–H groups in total. The number of nitrogen functional groups attached to an aromatic ring is 1. The summed E-state index contributed by atoms with van der Waals surface area (Å²) >= 11 is 0. The van der Waals surface area contributed by atoms with Crippen molar-refractivity contribution in [3.05, 3.63) is 24.0 Å². The zero-order valence-corrected chi connectivity index (χ0v) is 12.7. The third kappa shape index (κ3) is 2.60. The number of nitrogens with one attached hydrogen (secondary N) is 1. The minimum Gasteiger partial charge on any atom is -0.398 e. The van der Waals surface area contributed by atoms with Crippen LogP contribution in [0.4, 0.5) is 10.1 Å². The normalized spacial score (nSPS) is 23.2. The van der Waals surface area contributed by atoms with Gasteiger partial charge in [-0.05, 0) is 25.5 Å². The average molecular weight is 315 g/mol. The number of hydrogen-bond acceptors (Lipinski definition) is 4. The van der Waals surface area contributed by atoms with E-state index < -0.39 is 26.2 Å². The van der Waals surface area contributed by atoms with Crippen LogP contribution in [0.1, 0.15) is 13.3 Å². The van der Waals surface area contributed by atoms with Gasteiger partial charge in [-0.15, -0.1) is 0 Å². The van der Waals surface area contributed by atoms with Crippen molar-refractivity contribution in [2.24, 2.45) is 5.41 Å². The fourth-order valence-corrected chi connectivity index (χ4v) is 4.26. The molecule has 116 valence electrons. The van der Waals surface area contributed by atoms with Crippen molar-refractivity contribution >= 4 is 21.6 Å². The fraction of sp³-hybridized carbons (Fsp3) is 0.462. The molecule has 1 amide bonds. The van der Waals surface area contributed by atoms with Crippen LogP contribution in [0.5, 0.6) is 0 Å². The van der Waals surface area contributed by atoms with E-state index in [1.165, 1.54) is 19.2 Å². The van der Waals surface area contributed by atoms with E-state index in [4.69, 9.17) is 5.73 Å². The zero-order chi connectivity index (χ0) is 15.8. The number of benzene rings is 1. The molecule has 1 atom stereocenters. The summed E-state index contributed by atoms with van der Waals surface area (Å²) in [7, 11) is -2.56. The maximum atomic E-state index is 13.9. The molecule has 0 bridgehead atoms. The lowest BCUT2D eigenvalue weighted by Gasteiger charge is -2.23. The Bertz CT molecular complexity index is 657. The molecular formula is C13H18FN3O3S. The Balaban J connectivity index is 2.37. The Kier molecular flexibility index (Phi) is 3.94. The van der Waals surface area contributed by atoms with Gasteiger partial charge in [-0.3, -0.25) is 4.79 Å². The van der Waals surface area contributed by atoms with Crippen LogP contribution in [0, 0.1) is 11.2 Å². The fourth-order valence-electron chi connectivity index (χ4n) is 2.54. The zero-order valence-electron chi connectivity index (χ0n) is 11.9. The second kappa shape index (κ2) is 5.27. The number of nitrogens with two attached hydrogens (primary N) is 1. The predicted molar refractivity (Wildman–Crippen MR) is 76.4 cm³/mol. The molecule has 2 rings (SSSR count). The summed E-state index contributed by atoms with van der Waals surface area (Å²) in [5, 5.41) is 2.52. The molecule has 6 nitrogen and oxygen atoms in total. The van der Waals surface area contributed by atoms with Gasteiger partial charge in [0, 0.05) is 20.1 Å². The van der Waals surface area contributed by atoms with E-state index in [0.717, 1.165) is 10.4 Å². The lowest BCUT2D eigenvalue weighted by atomic mass is 9.89. The molecule has 0 spiro atoms. The van der Waals surface area contributed by atoms with Gasteiger partial charge >= 0.3 is 0 Å². The Labute approximate surface area is 123 Å². The van der Waals surface area contributed by atoms with E-state index in [-0.39, 0.29) is 24.7 Å². The van der Waals surface area contributed by atoms with Crippen molar-refractivity contribution in [2.75, 3.05) is 25.9 Å². The highest BCUT2D eigenvalue weighted by atomic mass is 32.2. The van der Waals surface area contributed by atoms with Crippen molar-refractivity contribution in [2.45, 2.75) is 18.2 Å². The highest BCUT2D eigenvalue weighted by Gasteiger charge is 2.45. The van der Waals surface area contributed by atoms with Crippen LogP contribution < -0.4 is 11.1 Å². The van der Waals surface area contributed by atoms with Crippen molar-refractivity contribution in [3.63, 3.8) is 0 Å². The molecule has 1 aromatic carbocycles. The number of amides is 1. The number of halogens is 1. The maximum absolute atomic E-state index is 13.9. The van der Waals surface area contributed by atoms with Crippen molar-refractivity contribution in [1.29, 1.82) is 0 Å². The van der Waals surface area contributed by atoms with E-state index in [1.807, 2.05) is 0 Å². The summed E-state index contributed by atoms with van der Waals surface area (Å²) < 4.78 is 40.1. The molecular weight excluding hydrogens is 297 g/mol. The first kappa shape index (κ1) is 15.7. The van der Waals surface area contributed by atoms with Crippen LogP contribution in [0.3, 0.4) is 0 Å². The monoisotopic (exact) mass is 315 g/mol. The number of carbonyl (C=O) groups is 1. The molecule has 21 heavy (non-hydrogen) atoms. The number of rotatable bonds is 3. The summed E-state index contributed by atoms with van der Waals surface area (Å²) in [6.45, 7) is 1.84. The Morgan fingerprint density at radius 3 is 2.71 bits per heavy atom. The Morgan fingerprint density at radius 2 is 2.14 bits per heavy atom. The Hall–Kier alpha value is -1.67. The Morgan fingerprint density at radius 1 is 1.48 bits per heavy atom. The molecule has 1 heterocycles. The van der Waals surface area contributed by atoms with Crippen LogP contribution in [-0.2, 0) is 14.8 Å². The lowest BCUT2D eigenvalue weighted by molar-refractivity contribution is -0.128. The number of anilines is 1. The molecule has 1 fully saturated rings. The first-order chi connectivity index (χ1) is 9.72. The largest absolute Gasteiger partial charge is 0.398 e. The lowest BCUT2D eigenvalue weighted by Crippen LogP contribution is -2.40. The maximum Gasteiger partial charge on any atom is 0.248 e. The molecule has 0 saturated carbocycles. The van der Waals surface area contributed by atoms with Crippen LogP contribution >= 0.6 is 0 Å². The van der Waals surface area contributed by atoms with Crippen LogP contribution in [0.15, 0.2) is 23.1 Å². The van der Waals surface area contributed by atoms with Crippen LogP contribution in [0.2, 0.25) is 0 Å². The highest BCUT2D eigenvalue weighted by Crippen LogP contribution is 2.35. The topological polar surface area (TPSA) is 92.5 Å². The minimum atomic E-state index is -4.06. The van der Waals surface area contributed by atoms with Gasteiger partial charge in [-0.2, -0.15) is 4.31 Å². The first-order valence-corrected chi connectivity index (χ1v) is 7.93. The molecule has 0 radical (unpaired) electrons. The highest BCUT2D eigenvalue weighted by molar-refractivity contribution is 7.89. The van der Waals surface area contributed by atoms with E-state index in [2.05, 4.69) is 5.32 Å². The molecule has 1 saturated heterocycles. The van der Waals surface area contributed by atoms with Gasteiger partial charge in [0.25, 0.3) is 0 Å². The quantitative estimate of drug-likeness (QED) is 0.797. The van der Waals surface area contributed by atoms with E-state index in [1.54, 1.807) is 6.92 Å². The molecule has 0 aliphatic carbocycles. The van der Waals surface area contributed by atoms with E-state index >= 15 is 0 Å². The standard InChI is InChI=1S/C13H18FN3O3S/c1-13(12(18)16-2)6-7-17(8-13)21(19,20)11-9(14)4-3-5-10(11)15/h3-5H,6-8,15H2,1-2H3,(H,16,18). The van der Waals surface area contributed by atoms with Gasteiger partial charge in [0.05, 0.1) is 11.1 Å². The SMILES string of the molecule is CNC(=O)C1(C)CCN(S(=O)(=O)c2c(N)cccc2F)C1. The number of hydrogen-bond donors (Lipinski definition) is 2. The summed E-state index contributed by atoms with van der Waals surface area (Å²) in [6.07, 6.45) is 0.375.